The van der Waals surface area contributed by atoms with Gasteiger partial charge in [0, 0.05) is 28.6 Å². The topological polar surface area (TPSA) is 86.2 Å². The van der Waals surface area contributed by atoms with Crippen LogP contribution >= 0.6 is 11.3 Å². The summed E-state index contributed by atoms with van der Waals surface area (Å²) < 4.78 is 11.5. The van der Waals surface area contributed by atoms with Crippen LogP contribution < -0.4 is 10.1 Å². The molecule has 2 aromatic heterocycles. The molecule has 0 aliphatic carbocycles. The van der Waals surface area contributed by atoms with Crippen molar-refractivity contribution >= 4 is 17.2 Å². The number of hydrogen-bond donors (Lipinski definition) is 1. The lowest BCUT2D eigenvalue weighted by Crippen LogP contribution is -2.27. The second kappa shape index (κ2) is 8.89. The maximum Gasteiger partial charge on any atom is 0.251 e. The first-order valence-electron chi connectivity index (χ1n) is 9.91. The first kappa shape index (κ1) is 20.4. The largest absolute Gasteiger partial charge is 0.488 e. The molecule has 1 saturated heterocycles. The number of carbonyl (C=O) groups excluding carboxylic acids is 1. The number of amides is 1. The van der Waals surface area contributed by atoms with Crippen molar-refractivity contribution in [3.8, 4) is 16.3 Å². The zero-order valence-corrected chi connectivity index (χ0v) is 18.0. The Balaban J connectivity index is 1.59. The summed E-state index contributed by atoms with van der Waals surface area (Å²) in [7, 11) is 0. The maximum absolute atomic E-state index is 13.0. The third-order valence-electron chi connectivity index (χ3n) is 4.84. The highest BCUT2D eigenvalue weighted by Crippen LogP contribution is 2.30. The summed E-state index contributed by atoms with van der Waals surface area (Å²) in [6.07, 6.45) is 2.66. The van der Waals surface area contributed by atoms with E-state index >= 15 is 0 Å². The van der Waals surface area contributed by atoms with Gasteiger partial charge in [0.05, 0.1) is 30.6 Å². The molecule has 1 amide bonds. The van der Waals surface area contributed by atoms with E-state index in [1.807, 2.05) is 51.2 Å². The number of rotatable bonds is 6. The van der Waals surface area contributed by atoms with E-state index in [0.29, 0.717) is 30.2 Å². The molecule has 1 N–H and O–H groups in total. The van der Waals surface area contributed by atoms with E-state index < -0.39 is 0 Å². The van der Waals surface area contributed by atoms with E-state index in [1.165, 1.54) is 0 Å². The normalized spacial score (nSPS) is 17.0. The van der Waals surface area contributed by atoms with Gasteiger partial charge in [-0.3, -0.25) is 4.79 Å². The Morgan fingerprint density at radius 3 is 2.80 bits per heavy atom. The monoisotopic (exact) mass is 424 g/mol. The fourth-order valence-electron chi connectivity index (χ4n) is 3.20. The van der Waals surface area contributed by atoms with Crippen LogP contribution in [0.4, 0.5) is 0 Å². The Bertz CT molecular complexity index is 1030. The van der Waals surface area contributed by atoms with E-state index in [9.17, 15) is 4.79 Å². The minimum absolute atomic E-state index is 0.00375. The van der Waals surface area contributed by atoms with Crippen LogP contribution in [0.15, 0.2) is 36.5 Å². The summed E-state index contributed by atoms with van der Waals surface area (Å²) in [5.41, 5.74) is 2.92. The van der Waals surface area contributed by atoms with Crippen LogP contribution in [0.5, 0.6) is 5.75 Å². The molecule has 1 fully saturated rings. The molecule has 3 aromatic rings. The Morgan fingerprint density at radius 2 is 2.13 bits per heavy atom. The quantitative estimate of drug-likeness (QED) is 0.646. The van der Waals surface area contributed by atoms with Crippen molar-refractivity contribution in [3.63, 3.8) is 0 Å². The standard InChI is InChI=1S/C22H24N4O3S/c1-13-4-5-20(26-25-13)15(3)24-21(27)16-8-17(22-23-11-14(2)30-22)10-19(9-16)29-18-6-7-28-12-18/h4-5,8-11,15,18H,6-7,12H2,1-3H3,(H,24,27)/t15?,18-/m1/s1. The zero-order chi connectivity index (χ0) is 21.1. The first-order valence-corrected chi connectivity index (χ1v) is 10.7. The fraction of sp³-hybridized carbons (Fsp3) is 0.364. The minimum Gasteiger partial charge on any atom is -0.488 e. The van der Waals surface area contributed by atoms with Gasteiger partial charge in [-0.05, 0) is 51.1 Å². The molecule has 156 valence electrons. The lowest BCUT2D eigenvalue weighted by molar-refractivity contribution is 0.0938. The second-order valence-corrected chi connectivity index (χ2v) is 8.66. The van der Waals surface area contributed by atoms with Gasteiger partial charge in [0.2, 0.25) is 0 Å². The van der Waals surface area contributed by atoms with Crippen molar-refractivity contribution in [2.24, 2.45) is 0 Å². The number of aryl methyl sites for hydroxylation is 2. The van der Waals surface area contributed by atoms with Gasteiger partial charge in [0.15, 0.2) is 0 Å². The van der Waals surface area contributed by atoms with Gasteiger partial charge in [-0.1, -0.05) is 0 Å². The molecule has 1 aliphatic rings. The molecule has 4 rings (SSSR count). The molecule has 30 heavy (non-hydrogen) atoms. The van der Waals surface area contributed by atoms with Crippen LogP contribution in [-0.2, 0) is 4.74 Å². The number of nitrogens with zero attached hydrogens (tertiary/aromatic N) is 3. The maximum atomic E-state index is 13.0. The van der Waals surface area contributed by atoms with Crippen LogP contribution in [0, 0.1) is 13.8 Å². The first-order chi connectivity index (χ1) is 14.5. The van der Waals surface area contributed by atoms with Gasteiger partial charge in [-0.15, -0.1) is 11.3 Å². The number of nitrogens with one attached hydrogen (secondary N) is 1. The molecule has 1 aromatic carbocycles. The lowest BCUT2D eigenvalue weighted by atomic mass is 10.1. The van der Waals surface area contributed by atoms with Crippen LogP contribution in [0.1, 0.15) is 46.0 Å². The van der Waals surface area contributed by atoms with Crippen LogP contribution in [-0.4, -0.2) is 40.4 Å². The average molecular weight is 425 g/mol. The van der Waals surface area contributed by atoms with Crippen molar-refractivity contribution in [1.82, 2.24) is 20.5 Å². The molecule has 7 nitrogen and oxygen atoms in total. The molecule has 1 unspecified atom stereocenters. The zero-order valence-electron chi connectivity index (χ0n) is 17.2. The second-order valence-electron chi connectivity index (χ2n) is 7.42. The Hall–Kier alpha value is -2.84. The highest BCUT2D eigenvalue weighted by Gasteiger charge is 2.20. The molecule has 1 aliphatic heterocycles. The summed E-state index contributed by atoms with van der Waals surface area (Å²) in [5, 5.41) is 12.1. The van der Waals surface area contributed by atoms with E-state index in [4.69, 9.17) is 9.47 Å². The number of hydrogen-bond acceptors (Lipinski definition) is 7. The van der Waals surface area contributed by atoms with E-state index in [2.05, 4.69) is 20.5 Å². The van der Waals surface area contributed by atoms with Crippen molar-refractivity contribution in [2.75, 3.05) is 13.2 Å². The third-order valence-corrected chi connectivity index (χ3v) is 5.80. The van der Waals surface area contributed by atoms with Crippen molar-refractivity contribution < 1.29 is 14.3 Å². The Kier molecular flexibility index (Phi) is 6.06. The summed E-state index contributed by atoms with van der Waals surface area (Å²) in [6, 6.07) is 9.03. The van der Waals surface area contributed by atoms with Gasteiger partial charge in [0.25, 0.3) is 5.91 Å². The van der Waals surface area contributed by atoms with Gasteiger partial charge in [-0.25, -0.2) is 4.98 Å². The molecule has 3 heterocycles. The number of carbonyl (C=O) groups is 1. The summed E-state index contributed by atoms with van der Waals surface area (Å²) in [4.78, 5) is 18.6. The summed E-state index contributed by atoms with van der Waals surface area (Å²) in [5.74, 6) is 0.441. The van der Waals surface area contributed by atoms with Crippen molar-refractivity contribution in [1.29, 1.82) is 0 Å². The molecular weight excluding hydrogens is 400 g/mol. The predicted octanol–water partition coefficient (Wildman–Crippen LogP) is 3.88. The fourth-order valence-corrected chi connectivity index (χ4v) is 3.95. The number of aromatic nitrogens is 3. The van der Waals surface area contributed by atoms with E-state index in [0.717, 1.165) is 27.6 Å². The third kappa shape index (κ3) is 4.83. The predicted molar refractivity (Wildman–Crippen MR) is 115 cm³/mol. The van der Waals surface area contributed by atoms with Crippen LogP contribution in [0.25, 0.3) is 10.6 Å². The number of benzene rings is 1. The Labute approximate surface area is 179 Å². The average Bonchev–Trinajstić information content (AvgIpc) is 3.40. The van der Waals surface area contributed by atoms with Crippen molar-refractivity contribution in [2.45, 2.75) is 39.3 Å². The molecule has 0 spiro atoms. The van der Waals surface area contributed by atoms with Gasteiger partial charge in [-0.2, -0.15) is 10.2 Å². The molecule has 8 heteroatoms. The summed E-state index contributed by atoms with van der Waals surface area (Å²) >= 11 is 1.58. The van der Waals surface area contributed by atoms with Gasteiger partial charge < -0.3 is 14.8 Å². The lowest BCUT2D eigenvalue weighted by Gasteiger charge is -2.16. The minimum atomic E-state index is -0.274. The van der Waals surface area contributed by atoms with E-state index in [1.54, 1.807) is 17.4 Å². The van der Waals surface area contributed by atoms with Crippen LogP contribution in [0.3, 0.4) is 0 Å². The SMILES string of the molecule is Cc1ccc(C(C)NC(=O)c2cc(O[C@@H]3CCOC3)cc(-c3ncc(C)s3)c2)nn1. The highest BCUT2D eigenvalue weighted by molar-refractivity contribution is 7.14. The molecule has 2 atom stereocenters. The smallest absolute Gasteiger partial charge is 0.251 e. The van der Waals surface area contributed by atoms with Crippen molar-refractivity contribution in [3.05, 3.63) is 58.4 Å². The molecular formula is C22H24N4O3S. The number of ether oxygens (including phenoxy) is 2. The van der Waals surface area contributed by atoms with E-state index in [-0.39, 0.29) is 18.1 Å². The Morgan fingerprint density at radius 1 is 1.27 bits per heavy atom. The highest BCUT2D eigenvalue weighted by atomic mass is 32.1. The number of thiazole rings is 1. The summed E-state index contributed by atoms with van der Waals surface area (Å²) in [6.45, 7) is 7.03. The van der Waals surface area contributed by atoms with Crippen LogP contribution in [0.2, 0.25) is 0 Å². The van der Waals surface area contributed by atoms with Gasteiger partial charge >= 0.3 is 0 Å². The molecule has 0 saturated carbocycles. The molecule has 0 bridgehead atoms. The van der Waals surface area contributed by atoms with Gasteiger partial charge in [0.1, 0.15) is 16.9 Å². The molecule has 0 radical (unpaired) electrons.